The molecule has 0 aromatic heterocycles. The number of benzene rings is 1. The first-order valence-electron chi connectivity index (χ1n) is 7.58. The molecule has 112 valence electrons. The van der Waals surface area contributed by atoms with Gasteiger partial charge in [0, 0.05) is 6.54 Å². The van der Waals surface area contributed by atoms with Crippen LogP contribution in [0.1, 0.15) is 30.5 Å². The van der Waals surface area contributed by atoms with Crippen LogP contribution in [0.3, 0.4) is 0 Å². The van der Waals surface area contributed by atoms with E-state index in [4.69, 9.17) is 4.74 Å². The summed E-state index contributed by atoms with van der Waals surface area (Å²) in [5.74, 6) is -0.225. The molecule has 2 atom stereocenters. The van der Waals surface area contributed by atoms with E-state index < -0.39 is 0 Å². The quantitative estimate of drug-likeness (QED) is 0.797. The number of hydrogen-bond acceptors (Lipinski definition) is 3. The Morgan fingerprint density at radius 2 is 2.24 bits per heavy atom. The summed E-state index contributed by atoms with van der Waals surface area (Å²) < 4.78 is 4.96. The van der Waals surface area contributed by atoms with Crippen molar-refractivity contribution in [1.29, 1.82) is 0 Å². The minimum Gasteiger partial charge on any atom is -0.466 e. The van der Waals surface area contributed by atoms with Gasteiger partial charge in [-0.25, -0.2) is 0 Å². The molecule has 3 rings (SSSR count). The molecule has 2 aliphatic heterocycles. The second-order valence-corrected chi connectivity index (χ2v) is 5.58. The molecule has 2 N–H and O–H groups in total. The lowest BCUT2D eigenvalue weighted by atomic mass is 9.90. The van der Waals surface area contributed by atoms with Gasteiger partial charge >= 0.3 is 5.97 Å². The summed E-state index contributed by atoms with van der Waals surface area (Å²) in [6.07, 6.45) is 1.06. The van der Waals surface area contributed by atoms with Crippen LogP contribution in [-0.2, 0) is 20.7 Å². The minimum atomic E-state index is -0.328. The third-order valence-electron chi connectivity index (χ3n) is 4.35. The molecule has 0 radical (unpaired) electrons. The molecule has 1 amide bonds. The molecule has 0 unspecified atom stereocenters. The predicted molar refractivity (Wildman–Crippen MR) is 76.4 cm³/mol. The van der Waals surface area contributed by atoms with Crippen LogP contribution >= 0.6 is 0 Å². The number of fused-ring (bicyclic) bond motifs is 3. The molecule has 2 heterocycles. The fourth-order valence-corrected chi connectivity index (χ4v) is 3.35. The number of quaternary nitrogens is 1. The Balaban J connectivity index is 1.74. The van der Waals surface area contributed by atoms with Crippen molar-refractivity contribution in [2.45, 2.75) is 31.8 Å². The molecule has 0 spiro atoms. The number of esters is 1. The second-order valence-electron chi connectivity index (χ2n) is 5.58. The Morgan fingerprint density at radius 1 is 1.43 bits per heavy atom. The second kappa shape index (κ2) is 5.85. The number of ether oxygens (including phenoxy) is 1. The summed E-state index contributed by atoms with van der Waals surface area (Å²) >= 11 is 0. The Bertz CT molecular complexity index is 558. The molecular formula is C16H21N2O3+. The third-order valence-corrected chi connectivity index (χ3v) is 4.35. The largest absolute Gasteiger partial charge is 0.466 e. The lowest BCUT2D eigenvalue weighted by molar-refractivity contribution is -0.688. The Morgan fingerprint density at radius 3 is 3.05 bits per heavy atom. The molecule has 21 heavy (non-hydrogen) atoms. The Kier molecular flexibility index (Phi) is 3.92. The summed E-state index contributed by atoms with van der Waals surface area (Å²) in [5, 5.41) is 1.99. The maximum absolute atomic E-state index is 12.6. The number of hydrogen-bond donors (Lipinski definition) is 1. The van der Waals surface area contributed by atoms with Gasteiger partial charge in [0.2, 0.25) is 0 Å². The van der Waals surface area contributed by atoms with Crippen molar-refractivity contribution in [3.05, 3.63) is 35.4 Å². The fourth-order valence-electron chi connectivity index (χ4n) is 3.35. The Hall–Kier alpha value is -1.88. The zero-order chi connectivity index (χ0) is 14.8. The van der Waals surface area contributed by atoms with E-state index in [1.807, 2.05) is 22.3 Å². The van der Waals surface area contributed by atoms with Crippen molar-refractivity contribution in [3.8, 4) is 0 Å². The van der Waals surface area contributed by atoms with Crippen molar-refractivity contribution in [3.63, 3.8) is 0 Å². The predicted octanol–water partition coefficient (Wildman–Crippen LogP) is 0.0112. The smallest absolute Gasteiger partial charge is 0.312 e. The molecule has 1 aromatic rings. The van der Waals surface area contributed by atoms with Crippen molar-refractivity contribution in [1.82, 2.24) is 4.90 Å². The van der Waals surface area contributed by atoms with Gasteiger partial charge in [0.15, 0.2) is 6.04 Å². The molecule has 1 aromatic carbocycles. The van der Waals surface area contributed by atoms with Gasteiger partial charge in [-0.2, -0.15) is 0 Å². The summed E-state index contributed by atoms with van der Waals surface area (Å²) in [6.45, 7) is 3.70. The molecule has 2 aliphatic rings. The molecule has 5 heteroatoms. The molecule has 5 nitrogen and oxygen atoms in total. The summed E-state index contributed by atoms with van der Waals surface area (Å²) in [4.78, 5) is 26.1. The zero-order valence-corrected chi connectivity index (χ0v) is 12.2. The average molecular weight is 289 g/mol. The van der Waals surface area contributed by atoms with E-state index in [9.17, 15) is 9.59 Å². The van der Waals surface area contributed by atoms with E-state index in [1.165, 1.54) is 11.1 Å². The first-order chi connectivity index (χ1) is 10.2. The van der Waals surface area contributed by atoms with Gasteiger partial charge in [0.25, 0.3) is 5.91 Å². The third kappa shape index (κ3) is 2.65. The number of rotatable bonds is 3. The molecular weight excluding hydrogens is 268 g/mol. The standard InChI is InChI=1S/C16H20N2O3/c1-2-21-15(19)9-13-16(20)18-8-7-11-5-3-4-6-12(11)14(18)10-17-13/h3-6,13-14,17H,2,7-10H2,1H3/p+1/t13-,14+/m1/s1. The van der Waals surface area contributed by atoms with Gasteiger partial charge in [-0.1, -0.05) is 24.3 Å². The van der Waals surface area contributed by atoms with Crippen LogP contribution in [0.25, 0.3) is 0 Å². The van der Waals surface area contributed by atoms with Crippen LogP contribution in [0.15, 0.2) is 24.3 Å². The van der Waals surface area contributed by atoms with E-state index >= 15 is 0 Å². The first kappa shape index (κ1) is 14.1. The number of nitrogens with zero attached hydrogens (tertiary/aromatic N) is 1. The van der Waals surface area contributed by atoms with Gasteiger partial charge in [0.1, 0.15) is 19.0 Å². The topological polar surface area (TPSA) is 63.2 Å². The lowest BCUT2D eigenvalue weighted by Crippen LogP contribution is -2.97. The number of carbonyl (C=O) groups excluding carboxylic acids is 2. The van der Waals surface area contributed by atoms with Crippen LogP contribution in [0.4, 0.5) is 0 Å². The highest BCUT2D eigenvalue weighted by atomic mass is 16.5. The number of amides is 1. The van der Waals surface area contributed by atoms with Crippen LogP contribution in [0.2, 0.25) is 0 Å². The van der Waals surface area contributed by atoms with E-state index in [-0.39, 0.29) is 30.4 Å². The van der Waals surface area contributed by atoms with E-state index in [0.29, 0.717) is 6.61 Å². The summed E-state index contributed by atoms with van der Waals surface area (Å²) in [5.41, 5.74) is 2.59. The monoisotopic (exact) mass is 289 g/mol. The number of carbonyl (C=O) groups is 2. The number of piperazine rings is 1. The van der Waals surface area contributed by atoms with Gasteiger partial charge < -0.3 is 15.0 Å². The highest BCUT2D eigenvalue weighted by Crippen LogP contribution is 2.30. The van der Waals surface area contributed by atoms with Crippen LogP contribution < -0.4 is 5.32 Å². The van der Waals surface area contributed by atoms with Gasteiger partial charge in [0.05, 0.1) is 6.61 Å². The molecule has 0 bridgehead atoms. The van der Waals surface area contributed by atoms with Crippen molar-refractivity contribution < 1.29 is 19.6 Å². The van der Waals surface area contributed by atoms with Crippen LogP contribution in [0.5, 0.6) is 0 Å². The van der Waals surface area contributed by atoms with Crippen LogP contribution in [0, 0.1) is 0 Å². The highest BCUT2D eigenvalue weighted by Gasteiger charge is 2.42. The summed E-state index contributed by atoms with van der Waals surface area (Å²) in [7, 11) is 0. The van der Waals surface area contributed by atoms with E-state index in [0.717, 1.165) is 19.5 Å². The average Bonchev–Trinajstić information content (AvgIpc) is 2.50. The van der Waals surface area contributed by atoms with Gasteiger partial charge in [-0.15, -0.1) is 0 Å². The first-order valence-corrected chi connectivity index (χ1v) is 7.58. The maximum atomic E-state index is 12.6. The molecule has 1 saturated heterocycles. The van der Waals surface area contributed by atoms with E-state index in [2.05, 4.69) is 12.1 Å². The van der Waals surface area contributed by atoms with Gasteiger partial charge in [-0.05, 0) is 24.5 Å². The highest BCUT2D eigenvalue weighted by molar-refractivity contribution is 5.86. The van der Waals surface area contributed by atoms with E-state index in [1.54, 1.807) is 6.92 Å². The lowest BCUT2D eigenvalue weighted by Gasteiger charge is -2.41. The van der Waals surface area contributed by atoms with Gasteiger partial charge in [-0.3, -0.25) is 9.59 Å². The SMILES string of the molecule is CCOC(=O)C[C@H]1[NH2+]C[C@H]2c3ccccc3CCN2C1=O. The summed E-state index contributed by atoms with van der Waals surface area (Å²) in [6, 6.07) is 8.14. The maximum Gasteiger partial charge on any atom is 0.312 e. The number of nitrogens with two attached hydrogens (primary N) is 1. The fraction of sp³-hybridized carbons (Fsp3) is 0.500. The van der Waals surface area contributed by atoms with Crippen molar-refractivity contribution in [2.24, 2.45) is 0 Å². The molecule has 0 aliphatic carbocycles. The molecule has 0 saturated carbocycles. The minimum absolute atomic E-state index is 0.0637. The zero-order valence-electron chi connectivity index (χ0n) is 12.2. The van der Waals surface area contributed by atoms with Crippen molar-refractivity contribution >= 4 is 11.9 Å². The normalized spacial score (nSPS) is 24.2. The molecule has 1 fully saturated rings. The van der Waals surface area contributed by atoms with Crippen LogP contribution in [-0.4, -0.2) is 42.5 Å². The van der Waals surface area contributed by atoms with Crippen molar-refractivity contribution in [2.75, 3.05) is 19.7 Å². The Labute approximate surface area is 124 Å².